The van der Waals surface area contributed by atoms with E-state index in [0.717, 1.165) is 4.90 Å². The standard InChI is InChI=1S/C14H14FNO4/c15-10-4-1-9(2-5-10)3-6-13(18)16-8-11(17)7-12(16)14(19)20/h1-6,11-12,17H,7-8H2,(H,19,20)/b6-3+. The van der Waals surface area contributed by atoms with Crippen LogP contribution in [-0.4, -0.2) is 45.7 Å². The first kappa shape index (κ1) is 14.2. The molecule has 1 aliphatic rings. The molecule has 0 aromatic heterocycles. The minimum Gasteiger partial charge on any atom is -0.480 e. The number of aliphatic hydroxyl groups excluding tert-OH is 1. The summed E-state index contributed by atoms with van der Waals surface area (Å²) in [5.74, 6) is -1.99. The summed E-state index contributed by atoms with van der Waals surface area (Å²) >= 11 is 0. The quantitative estimate of drug-likeness (QED) is 0.805. The number of carboxylic acids is 1. The molecule has 0 bridgehead atoms. The van der Waals surface area contributed by atoms with Crippen molar-refractivity contribution in [2.45, 2.75) is 18.6 Å². The van der Waals surface area contributed by atoms with E-state index in [2.05, 4.69) is 0 Å². The number of nitrogens with zero attached hydrogens (tertiary/aromatic N) is 1. The zero-order chi connectivity index (χ0) is 14.7. The molecule has 0 spiro atoms. The third-order valence-electron chi connectivity index (χ3n) is 3.14. The lowest BCUT2D eigenvalue weighted by Crippen LogP contribution is -2.39. The van der Waals surface area contributed by atoms with Gasteiger partial charge in [0.2, 0.25) is 5.91 Å². The maximum Gasteiger partial charge on any atom is 0.326 e. The Morgan fingerprint density at radius 3 is 2.55 bits per heavy atom. The number of benzene rings is 1. The zero-order valence-corrected chi connectivity index (χ0v) is 10.6. The Labute approximate surface area is 114 Å². The molecule has 1 aliphatic heterocycles. The lowest BCUT2D eigenvalue weighted by molar-refractivity contribution is -0.146. The molecule has 1 aromatic rings. The molecule has 1 fully saturated rings. The first-order valence-corrected chi connectivity index (χ1v) is 6.12. The van der Waals surface area contributed by atoms with Gasteiger partial charge in [-0.25, -0.2) is 9.18 Å². The van der Waals surface area contributed by atoms with Crippen LogP contribution in [0.25, 0.3) is 6.08 Å². The van der Waals surface area contributed by atoms with E-state index in [4.69, 9.17) is 5.11 Å². The van der Waals surface area contributed by atoms with Gasteiger partial charge in [-0.1, -0.05) is 12.1 Å². The van der Waals surface area contributed by atoms with Crippen molar-refractivity contribution in [3.63, 3.8) is 0 Å². The molecule has 0 saturated carbocycles. The smallest absolute Gasteiger partial charge is 0.326 e. The number of carbonyl (C=O) groups is 2. The molecule has 20 heavy (non-hydrogen) atoms. The molecule has 0 aliphatic carbocycles. The molecule has 2 atom stereocenters. The van der Waals surface area contributed by atoms with Gasteiger partial charge in [0.25, 0.3) is 0 Å². The van der Waals surface area contributed by atoms with Gasteiger partial charge in [-0.3, -0.25) is 4.79 Å². The highest BCUT2D eigenvalue weighted by molar-refractivity contribution is 5.94. The summed E-state index contributed by atoms with van der Waals surface area (Å²) in [7, 11) is 0. The van der Waals surface area contributed by atoms with E-state index in [0.29, 0.717) is 5.56 Å². The Kier molecular flexibility index (Phi) is 4.14. The van der Waals surface area contributed by atoms with Crippen LogP contribution in [0.3, 0.4) is 0 Å². The molecule has 2 N–H and O–H groups in total. The van der Waals surface area contributed by atoms with Crippen molar-refractivity contribution in [1.82, 2.24) is 4.90 Å². The first-order valence-electron chi connectivity index (χ1n) is 6.12. The molecular weight excluding hydrogens is 265 g/mol. The van der Waals surface area contributed by atoms with E-state index in [9.17, 15) is 19.1 Å². The van der Waals surface area contributed by atoms with Crippen LogP contribution in [0.1, 0.15) is 12.0 Å². The summed E-state index contributed by atoms with van der Waals surface area (Å²) < 4.78 is 12.7. The van der Waals surface area contributed by atoms with Gasteiger partial charge >= 0.3 is 5.97 Å². The van der Waals surface area contributed by atoms with E-state index in [1.54, 1.807) is 0 Å². The number of carboxylic acid groups (broad SMARTS) is 1. The summed E-state index contributed by atoms with van der Waals surface area (Å²) in [6.45, 7) is 0.00353. The normalized spacial score (nSPS) is 22.4. The van der Waals surface area contributed by atoms with Crippen LogP contribution < -0.4 is 0 Å². The van der Waals surface area contributed by atoms with Gasteiger partial charge in [0.1, 0.15) is 11.9 Å². The van der Waals surface area contributed by atoms with Crippen LogP contribution in [0, 0.1) is 5.82 Å². The predicted molar refractivity (Wildman–Crippen MR) is 69.2 cm³/mol. The summed E-state index contributed by atoms with van der Waals surface area (Å²) in [4.78, 5) is 24.1. The van der Waals surface area contributed by atoms with Crippen molar-refractivity contribution in [2.24, 2.45) is 0 Å². The minimum absolute atomic E-state index is 0.00353. The van der Waals surface area contributed by atoms with Crippen LogP contribution in [0.15, 0.2) is 30.3 Å². The van der Waals surface area contributed by atoms with Crippen molar-refractivity contribution >= 4 is 18.0 Å². The van der Waals surface area contributed by atoms with Gasteiger partial charge in [-0.05, 0) is 23.8 Å². The SMILES string of the molecule is O=C(O)C1CC(O)CN1C(=O)/C=C/c1ccc(F)cc1. The summed E-state index contributed by atoms with van der Waals surface area (Å²) in [5, 5.41) is 18.5. The fourth-order valence-electron chi connectivity index (χ4n) is 2.13. The average Bonchev–Trinajstić information content (AvgIpc) is 2.80. The molecule has 1 aromatic carbocycles. The van der Waals surface area contributed by atoms with Crippen molar-refractivity contribution in [1.29, 1.82) is 0 Å². The molecule has 1 heterocycles. The van der Waals surface area contributed by atoms with E-state index in [-0.39, 0.29) is 18.8 Å². The highest BCUT2D eigenvalue weighted by atomic mass is 19.1. The molecule has 1 saturated heterocycles. The largest absolute Gasteiger partial charge is 0.480 e. The maximum absolute atomic E-state index is 12.7. The second kappa shape index (κ2) is 5.83. The van der Waals surface area contributed by atoms with Crippen LogP contribution in [-0.2, 0) is 9.59 Å². The first-order chi connectivity index (χ1) is 9.47. The van der Waals surface area contributed by atoms with Crippen LogP contribution in [0.4, 0.5) is 4.39 Å². The van der Waals surface area contributed by atoms with Crippen molar-refractivity contribution in [3.05, 3.63) is 41.7 Å². The Hall–Kier alpha value is -2.21. The summed E-state index contributed by atoms with van der Waals surface area (Å²) in [6, 6.07) is 4.54. The molecular formula is C14H14FNO4. The topological polar surface area (TPSA) is 77.8 Å². The number of amides is 1. The van der Waals surface area contributed by atoms with E-state index < -0.39 is 24.0 Å². The van der Waals surface area contributed by atoms with Gasteiger partial charge in [-0.15, -0.1) is 0 Å². The Balaban J connectivity index is 2.07. The monoisotopic (exact) mass is 279 g/mol. The Bertz CT molecular complexity index is 541. The molecule has 2 rings (SSSR count). The number of aliphatic hydroxyl groups is 1. The van der Waals surface area contributed by atoms with E-state index in [1.807, 2.05) is 0 Å². The number of aliphatic carboxylic acids is 1. The van der Waals surface area contributed by atoms with Gasteiger partial charge in [0, 0.05) is 19.0 Å². The van der Waals surface area contributed by atoms with Gasteiger partial charge in [0.05, 0.1) is 6.10 Å². The second-order valence-corrected chi connectivity index (χ2v) is 4.62. The maximum atomic E-state index is 12.7. The molecule has 1 amide bonds. The third-order valence-corrected chi connectivity index (χ3v) is 3.14. The van der Waals surface area contributed by atoms with Crippen LogP contribution in [0.5, 0.6) is 0 Å². The van der Waals surface area contributed by atoms with Gasteiger partial charge in [0.15, 0.2) is 0 Å². The second-order valence-electron chi connectivity index (χ2n) is 4.62. The number of likely N-dealkylation sites (tertiary alicyclic amines) is 1. The van der Waals surface area contributed by atoms with Crippen molar-refractivity contribution < 1.29 is 24.2 Å². The number of hydrogen-bond acceptors (Lipinski definition) is 3. The minimum atomic E-state index is -1.13. The predicted octanol–water partition coefficient (Wildman–Crippen LogP) is 0.885. The number of hydrogen-bond donors (Lipinski definition) is 2. The van der Waals surface area contributed by atoms with Crippen LogP contribution in [0.2, 0.25) is 0 Å². The summed E-state index contributed by atoms with van der Waals surface area (Å²) in [5.41, 5.74) is 0.631. The molecule has 5 nitrogen and oxygen atoms in total. The zero-order valence-electron chi connectivity index (χ0n) is 10.6. The summed E-state index contributed by atoms with van der Waals surface area (Å²) in [6.07, 6.45) is 1.91. The number of rotatable bonds is 3. The van der Waals surface area contributed by atoms with Crippen molar-refractivity contribution in [2.75, 3.05) is 6.54 Å². The molecule has 106 valence electrons. The Morgan fingerprint density at radius 1 is 1.30 bits per heavy atom. The van der Waals surface area contributed by atoms with Crippen molar-refractivity contribution in [3.8, 4) is 0 Å². The third kappa shape index (κ3) is 3.21. The Morgan fingerprint density at radius 2 is 1.95 bits per heavy atom. The number of β-amino-alcohol motifs (C(OH)–C–C–N with tert-alkyl or cyclic N) is 1. The highest BCUT2D eigenvalue weighted by Crippen LogP contribution is 2.19. The molecule has 6 heteroatoms. The molecule has 2 unspecified atom stereocenters. The van der Waals surface area contributed by atoms with Gasteiger partial charge < -0.3 is 15.1 Å². The fraction of sp³-hybridized carbons (Fsp3) is 0.286. The number of carbonyl (C=O) groups excluding carboxylic acids is 1. The lowest BCUT2D eigenvalue weighted by atomic mass is 10.2. The van der Waals surface area contributed by atoms with E-state index >= 15 is 0 Å². The van der Waals surface area contributed by atoms with Gasteiger partial charge in [-0.2, -0.15) is 0 Å². The highest BCUT2D eigenvalue weighted by Gasteiger charge is 2.37. The average molecular weight is 279 g/mol. The van der Waals surface area contributed by atoms with E-state index in [1.165, 1.54) is 36.4 Å². The number of halogens is 1. The van der Waals surface area contributed by atoms with Crippen LogP contribution >= 0.6 is 0 Å². The molecule has 0 radical (unpaired) electrons. The fourth-order valence-corrected chi connectivity index (χ4v) is 2.13. The lowest BCUT2D eigenvalue weighted by Gasteiger charge is -2.19.